The number of anilines is 2. The molecule has 0 spiro atoms. The summed E-state index contributed by atoms with van der Waals surface area (Å²) >= 11 is 0. The summed E-state index contributed by atoms with van der Waals surface area (Å²) < 4.78 is 3.59. The summed E-state index contributed by atoms with van der Waals surface area (Å²) in [6.07, 6.45) is 8.50. The van der Waals surface area contributed by atoms with Gasteiger partial charge < -0.3 is 10.6 Å². The number of nitrogens with zero attached hydrogens (tertiary/aromatic N) is 7. The molecule has 5 rings (SSSR count). The number of aromatic nitrogens is 7. The van der Waals surface area contributed by atoms with Crippen LogP contribution >= 0.6 is 0 Å². The van der Waals surface area contributed by atoms with Gasteiger partial charge in [-0.05, 0) is 69.8 Å². The summed E-state index contributed by atoms with van der Waals surface area (Å²) in [5.74, 6) is 0.660. The molecule has 10 heteroatoms. The molecule has 0 fully saturated rings. The second kappa shape index (κ2) is 10.2. The van der Waals surface area contributed by atoms with Gasteiger partial charge in [0.25, 0.3) is 0 Å². The minimum atomic E-state index is -0.214. The molecule has 1 aliphatic heterocycles. The molecule has 0 radical (unpaired) electrons. The Balaban J connectivity index is 1.35. The third-order valence-electron chi connectivity index (χ3n) is 6.63. The number of hydrogen-bond donors (Lipinski definition) is 2. The highest BCUT2D eigenvalue weighted by molar-refractivity contribution is 5.94. The van der Waals surface area contributed by atoms with E-state index in [9.17, 15) is 4.79 Å². The van der Waals surface area contributed by atoms with E-state index >= 15 is 0 Å². The van der Waals surface area contributed by atoms with Crippen molar-refractivity contribution in [2.45, 2.75) is 65.1 Å². The molecule has 1 unspecified atom stereocenters. The number of Topliss-reactive ketones (excluding diaryl/α,β-unsaturated/α-hetero) is 1. The zero-order valence-electron chi connectivity index (χ0n) is 21.8. The van der Waals surface area contributed by atoms with Crippen molar-refractivity contribution < 1.29 is 4.79 Å². The van der Waals surface area contributed by atoms with Gasteiger partial charge in [0.1, 0.15) is 5.69 Å². The lowest BCUT2D eigenvalue weighted by Crippen LogP contribution is -2.22. The fourth-order valence-electron chi connectivity index (χ4n) is 4.54. The highest BCUT2D eigenvalue weighted by Crippen LogP contribution is 2.33. The zero-order chi connectivity index (χ0) is 26.0. The van der Waals surface area contributed by atoms with E-state index in [-0.39, 0.29) is 17.2 Å². The van der Waals surface area contributed by atoms with E-state index in [1.54, 1.807) is 23.3 Å². The molecule has 37 heavy (non-hydrogen) atoms. The minimum Gasteiger partial charge on any atom is -0.321 e. The Hall–Kier alpha value is -3.92. The lowest BCUT2D eigenvalue weighted by Gasteiger charge is -2.18. The molecule has 2 N–H and O–H groups in total. The van der Waals surface area contributed by atoms with Crippen molar-refractivity contribution in [3.63, 3.8) is 0 Å². The molecule has 1 atom stereocenters. The number of rotatable bonds is 7. The number of fused-ring (bicyclic) bond motifs is 1. The maximum atomic E-state index is 13.1. The summed E-state index contributed by atoms with van der Waals surface area (Å²) in [7, 11) is 0. The maximum absolute atomic E-state index is 13.1. The molecule has 10 nitrogen and oxygen atoms in total. The van der Waals surface area contributed by atoms with Gasteiger partial charge in [0.15, 0.2) is 5.78 Å². The van der Waals surface area contributed by atoms with Gasteiger partial charge in [0.05, 0.1) is 29.3 Å². The van der Waals surface area contributed by atoms with Crippen LogP contribution in [0, 0.1) is 0 Å². The van der Waals surface area contributed by atoms with Gasteiger partial charge in [0, 0.05) is 37.5 Å². The summed E-state index contributed by atoms with van der Waals surface area (Å²) in [4.78, 5) is 22.2. The first-order valence-electron chi connectivity index (χ1n) is 12.7. The highest BCUT2D eigenvalue weighted by atomic mass is 16.1. The Morgan fingerprint density at radius 2 is 2.08 bits per heavy atom. The highest BCUT2D eigenvalue weighted by Gasteiger charge is 2.25. The second-order valence-electron chi connectivity index (χ2n) is 10.4. The molecule has 3 aromatic heterocycles. The maximum Gasteiger partial charge on any atom is 0.227 e. The van der Waals surface area contributed by atoms with Crippen molar-refractivity contribution in [2.24, 2.45) is 0 Å². The quantitative estimate of drug-likeness (QED) is 0.362. The predicted molar refractivity (Wildman–Crippen MR) is 142 cm³/mol. The zero-order valence-corrected chi connectivity index (χ0v) is 21.8. The monoisotopic (exact) mass is 499 g/mol. The summed E-state index contributed by atoms with van der Waals surface area (Å²) in [6, 6.07) is 8.30. The van der Waals surface area contributed by atoms with Crippen LogP contribution in [0.5, 0.6) is 0 Å². The smallest absolute Gasteiger partial charge is 0.227 e. The van der Waals surface area contributed by atoms with Crippen LogP contribution in [0.2, 0.25) is 0 Å². The Morgan fingerprint density at radius 1 is 1.22 bits per heavy atom. The Labute approximate surface area is 216 Å². The van der Waals surface area contributed by atoms with E-state index in [1.165, 1.54) is 11.1 Å². The van der Waals surface area contributed by atoms with E-state index < -0.39 is 0 Å². The number of hydrogen-bond acceptors (Lipinski definition) is 8. The number of aryl methyl sites for hydroxylation is 1. The molecule has 0 bridgehead atoms. The number of carbonyl (C=O) groups excluding carboxylic acids is 1. The first-order valence-corrected chi connectivity index (χ1v) is 12.7. The number of nitrogens with one attached hydrogen (secondary N) is 2. The van der Waals surface area contributed by atoms with E-state index in [2.05, 4.69) is 49.2 Å². The average molecular weight is 500 g/mol. The van der Waals surface area contributed by atoms with Gasteiger partial charge in [-0.25, -0.2) is 14.6 Å². The molecule has 0 saturated carbocycles. The lowest BCUT2D eigenvalue weighted by atomic mass is 9.87. The molecule has 4 heterocycles. The van der Waals surface area contributed by atoms with Crippen LogP contribution in [0.15, 0.2) is 49.1 Å². The molecule has 0 amide bonds. The molecule has 1 aliphatic rings. The Bertz CT molecular complexity index is 1400. The van der Waals surface area contributed by atoms with Crippen molar-refractivity contribution in [1.29, 1.82) is 0 Å². The molecule has 192 valence electrons. The van der Waals surface area contributed by atoms with E-state index in [1.807, 2.05) is 44.6 Å². The molecule has 0 saturated heterocycles. The standard InChI is InChI=1S/C27H33N9O/c1-5-35-16-21(15-30-35)31-26-29-11-9-23(32-26)19-6-7-22-18(8-10-28-14-20(22)12-19)13-25(37)24-17-36(34-33-24)27(2,3)4/h6-7,9,11-12,15-18,28H,5,8,10,13-14H2,1-4H3,(H,29,31,32). The van der Waals surface area contributed by atoms with Gasteiger partial charge in [-0.1, -0.05) is 17.3 Å². The van der Waals surface area contributed by atoms with Crippen LogP contribution in [-0.4, -0.2) is 47.1 Å². The topological polar surface area (TPSA) is 115 Å². The number of carbonyl (C=O) groups is 1. The molecule has 1 aromatic carbocycles. The summed E-state index contributed by atoms with van der Waals surface area (Å²) in [6.45, 7) is 10.6. The van der Waals surface area contributed by atoms with E-state index in [4.69, 9.17) is 4.98 Å². The Kier molecular flexibility index (Phi) is 6.84. The van der Waals surface area contributed by atoms with Crippen LogP contribution in [-0.2, 0) is 18.6 Å². The van der Waals surface area contributed by atoms with Crippen molar-refractivity contribution in [3.8, 4) is 11.3 Å². The van der Waals surface area contributed by atoms with Crippen molar-refractivity contribution in [2.75, 3.05) is 11.9 Å². The normalized spacial score (nSPS) is 15.7. The molecular weight excluding hydrogens is 466 g/mol. The molecule has 0 aliphatic carbocycles. The van der Waals surface area contributed by atoms with Gasteiger partial charge in [-0.2, -0.15) is 5.10 Å². The largest absolute Gasteiger partial charge is 0.321 e. The van der Waals surface area contributed by atoms with Crippen LogP contribution in [0.25, 0.3) is 11.3 Å². The van der Waals surface area contributed by atoms with Gasteiger partial charge in [0.2, 0.25) is 5.95 Å². The lowest BCUT2D eigenvalue weighted by molar-refractivity contribution is 0.0967. The van der Waals surface area contributed by atoms with E-state index in [0.717, 1.165) is 43.0 Å². The minimum absolute atomic E-state index is 0.0235. The molecule has 4 aromatic rings. The SMILES string of the molecule is CCn1cc(Nc2nccc(-c3ccc4c(c3)CNCCC4CC(=O)c3cn(C(C)(C)C)nn3)n2)cn1. The fourth-order valence-corrected chi connectivity index (χ4v) is 4.54. The average Bonchev–Trinajstić information content (AvgIpc) is 3.52. The van der Waals surface area contributed by atoms with Crippen LogP contribution in [0.4, 0.5) is 11.6 Å². The summed E-state index contributed by atoms with van der Waals surface area (Å²) in [5.41, 5.74) is 5.28. The Morgan fingerprint density at radius 3 is 2.84 bits per heavy atom. The number of benzene rings is 1. The van der Waals surface area contributed by atoms with Crippen LogP contribution < -0.4 is 10.6 Å². The third kappa shape index (κ3) is 5.59. The fraction of sp³-hybridized carbons (Fsp3) is 0.407. The molecular formula is C27H33N9O. The van der Waals surface area contributed by atoms with Gasteiger partial charge in [-0.3, -0.25) is 9.48 Å². The first kappa shape index (κ1) is 24.8. The van der Waals surface area contributed by atoms with Crippen molar-refractivity contribution in [3.05, 3.63) is 65.9 Å². The summed E-state index contributed by atoms with van der Waals surface area (Å²) in [5, 5.41) is 19.3. The van der Waals surface area contributed by atoms with Crippen molar-refractivity contribution >= 4 is 17.4 Å². The van der Waals surface area contributed by atoms with Crippen LogP contribution in [0.3, 0.4) is 0 Å². The van der Waals surface area contributed by atoms with Gasteiger partial charge >= 0.3 is 0 Å². The van der Waals surface area contributed by atoms with Crippen LogP contribution in [0.1, 0.15) is 68.1 Å². The van der Waals surface area contributed by atoms with Gasteiger partial charge in [-0.15, -0.1) is 5.10 Å². The second-order valence-corrected chi connectivity index (χ2v) is 10.4. The number of ketones is 1. The van der Waals surface area contributed by atoms with E-state index in [0.29, 0.717) is 18.1 Å². The predicted octanol–water partition coefficient (Wildman–Crippen LogP) is 4.30. The van der Waals surface area contributed by atoms with Crippen molar-refractivity contribution in [1.82, 2.24) is 40.1 Å². The third-order valence-corrected chi connectivity index (χ3v) is 6.63. The first-order chi connectivity index (χ1) is 17.8.